The Balaban J connectivity index is 2.08. The molecule has 118 valence electrons. The first-order chi connectivity index (χ1) is 10.1. The molecule has 1 aromatic rings. The van der Waals surface area contributed by atoms with Crippen molar-refractivity contribution >= 4 is 27.4 Å². The van der Waals surface area contributed by atoms with Crippen LogP contribution in [0.1, 0.15) is 19.5 Å². The van der Waals surface area contributed by atoms with Crippen LogP contribution in [0, 0.1) is 0 Å². The summed E-state index contributed by atoms with van der Waals surface area (Å²) in [6.07, 6.45) is 3.41. The third kappa shape index (κ3) is 4.31. The van der Waals surface area contributed by atoms with Crippen molar-refractivity contribution in [1.82, 2.24) is 14.9 Å². The molecule has 2 rings (SSSR count). The van der Waals surface area contributed by atoms with Crippen LogP contribution in [0.2, 0.25) is 0 Å². The van der Waals surface area contributed by atoms with Crippen LogP contribution < -0.4 is 5.32 Å². The maximum atomic E-state index is 12.2. The summed E-state index contributed by atoms with van der Waals surface area (Å²) in [6, 6.07) is 0. The van der Waals surface area contributed by atoms with Crippen molar-refractivity contribution in [3.8, 4) is 0 Å². The number of nitrogens with one attached hydrogen (secondary N) is 1. The maximum Gasteiger partial charge on any atom is 0.166 e. The minimum Gasteiger partial charge on any atom is -0.369 e. The van der Waals surface area contributed by atoms with Crippen LogP contribution in [-0.2, 0) is 16.4 Å². The van der Waals surface area contributed by atoms with Gasteiger partial charge in [-0.25, -0.2) is 13.4 Å². The predicted octanol–water partition coefficient (Wildman–Crippen LogP) is 1.22. The van der Waals surface area contributed by atoms with Crippen LogP contribution >= 0.6 is 11.8 Å². The Bertz CT molecular complexity index is 548. The monoisotopic (exact) mass is 330 g/mol. The molecule has 1 N–H and O–H groups in total. The molecule has 0 amide bonds. The highest BCUT2D eigenvalue weighted by Crippen LogP contribution is 2.22. The number of hydrogen-bond donors (Lipinski definition) is 1. The molecule has 0 saturated carbocycles. The third-order valence-electron chi connectivity index (χ3n) is 3.44. The number of anilines is 1. The molecule has 1 aromatic heterocycles. The minimum absolute atomic E-state index is 0.180. The van der Waals surface area contributed by atoms with E-state index in [0.717, 1.165) is 30.4 Å². The molecule has 1 unspecified atom stereocenters. The average molecular weight is 330 g/mol. The zero-order valence-corrected chi connectivity index (χ0v) is 14.1. The fraction of sp³-hybridized carbons (Fsp3) is 0.692. The molecule has 8 heteroatoms. The lowest BCUT2D eigenvalue weighted by atomic mass is 10.3. The summed E-state index contributed by atoms with van der Waals surface area (Å²) in [6.45, 7) is 5.81. The van der Waals surface area contributed by atoms with Gasteiger partial charge in [0.1, 0.15) is 11.2 Å². The first-order valence-corrected chi connectivity index (χ1v) is 10.0. The lowest BCUT2D eigenvalue weighted by Crippen LogP contribution is -2.47. The molecule has 0 aliphatic carbocycles. The van der Waals surface area contributed by atoms with Gasteiger partial charge in [-0.15, -0.1) is 0 Å². The van der Waals surface area contributed by atoms with Crippen molar-refractivity contribution < 1.29 is 8.42 Å². The highest BCUT2D eigenvalue weighted by Gasteiger charge is 2.32. The van der Waals surface area contributed by atoms with Crippen molar-refractivity contribution in [2.45, 2.75) is 25.8 Å². The molecule has 1 fully saturated rings. The number of nitrogens with zero attached hydrogens (tertiary/aromatic N) is 3. The molecule has 0 aromatic carbocycles. The Morgan fingerprint density at radius 1 is 1.38 bits per heavy atom. The van der Waals surface area contributed by atoms with Crippen LogP contribution in [0.15, 0.2) is 12.4 Å². The first-order valence-electron chi connectivity index (χ1n) is 7.15. The molecule has 0 radical (unpaired) electrons. The zero-order valence-electron chi connectivity index (χ0n) is 12.4. The molecule has 1 saturated heterocycles. The van der Waals surface area contributed by atoms with Gasteiger partial charge < -0.3 is 5.32 Å². The summed E-state index contributed by atoms with van der Waals surface area (Å²) >= 11 is 1.70. The summed E-state index contributed by atoms with van der Waals surface area (Å²) in [4.78, 5) is 10.7. The molecule has 1 atom stereocenters. The topological polar surface area (TPSA) is 75.2 Å². The van der Waals surface area contributed by atoms with Gasteiger partial charge in [0.05, 0.1) is 18.1 Å². The van der Waals surface area contributed by atoms with E-state index >= 15 is 0 Å². The van der Waals surface area contributed by atoms with Crippen LogP contribution in [0.4, 0.5) is 5.82 Å². The largest absolute Gasteiger partial charge is 0.369 e. The van der Waals surface area contributed by atoms with Crippen molar-refractivity contribution in [2.75, 3.05) is 35.7 Å². The first kappa shape index (κ1) is 16.5. The second-order valence-corrected chi connectivity index (χ2v) is 8.47. The van der Waals surface area contributed by atoms with E-state index in [0.29, 0.717) is 12.3 Å². The van der Waals surface area contributed by atoms with Gasteiger partial charge in [-0.2, -0.15) is 11.8 Å². The molecule has 1 aliphatic heterocycles. The molecular formula is C13H22N4O2S2. The number of sulfone groups is 1. The lowest BCUT2D eigenvalue weighted by Gasteiger charge is -2.34. The second-order valence-electron chi connectivity index (χ2n) is 4.87. The van der Waals surface area contributed by atoms with Crippen molar-refractivity contribution in [3.63, 3.8) is 0 Å². The summed E-state index contributed by atoms with van der Waals surface area (Å²) in [5.41, 5.74) is 0.805. The van der Waals surface area contributed by atoms with Gasteiger partial charge in [-0.05, 0) is 6.92 Å². The van der Waals surface area contributed by atoms with Crippen LogP contribution in [0.3, 0.4) is 0 Å². The van der Waals surface area contributed by atoms with Crippen LogP contribution in [-0.4, -0.2) is 59.0 Å². The Morgan fingerprint density at radius 3 is 2.81 bits per heavy atom. The number of rotatable bonds is 6. The standard InChI is InChI=1S/C13H22N4O2S2/c1-3-14-12-8-15-11(7-16-12)9-17-5-6-20-10-13(17)21(18,19)4-2/h7-8,13H,3-6,9-10H2,1-2H3,(H,14,16). The van der Waals surface area contributed by atoms with Gasteiger partial charge in [0.15, 0.2) is 9.84 Å². The van der Waals surface area contributed by atoms with Crippen LogP contribution in [0.5, 0.6) is 0 Å². The van der Waals surface area contributed by atoms with Gasteiger partial charge in [0.25, 0.3) is 0 Å². The van der Waals surface area contributed by atoms with Gasteiger partial charge in [0, 0.05) is 36.9 Å². The maximum absolute atomic E-state index is 12.2. The molecule has 6 nitrogen and oxygen atoms in total. The Morgan fingerprint density at radius 2 is 2.19 bits per heavy atom. The quantitative estimate of drug-likeness (QED) is 0.840. The SMILES string of the molecule is CCNc1cnc(CN2CCSCC2S(=O)(=O)CC)cn1. The molecule has 0 bridgehead atoms. The smallest absolute Gasteiger partial charge is 0.166 e. The van der Waals surface area contributed by atoms with Gasteiger partial charge in [0.2, 0.25) is 0 Å². The minimum atomic E-state index is -3.06. The second kappa shape index (κ2) is 7.42. The van der Waals surface area contributed by atoms with E-state index in [1.54, 1.807) is 31.1 Å². The Labute approximate surface area is 130 Å². The Hall–Kier alpha value is -0.860. The molecular weight excluding hydrogens is 308 g/mol. The summed E-state index contributed by atoms with van der Waals surface area (Å²) < 4.78 is 24.4. The highest BCUT2D eigenvalue weighted by atomic mass is 32.2. The predicted molar refractivity (Wildman–Crippen MR) is 87.2 cm³/mol. The van der Waals surface area contributed by atoms with E-state index in [1.165, 1.54) is 0 Å². The highest BCUT2D eigenvalue weighted by molar-refractivity contribution is 8.01. The fourth-order valence-electron chi connectivity index (χ4n) is 2.24. The van der Waals surface area contributed by atoms with Gasteiger partial charge in [-0.3, -0.25) is 9.88 Å². The molecule has 1 aliphatic rings. The third-order valence-corrected chi connectivity index (χ3v) is 6.77. The van der Waals surface area contributed by atoms with Crippen LogP contribution in [0.25, 0.3) is 0 Å². The lowest BCUT2D eigenvalue weighted by molar-refractivity contribution is 0.258. The average Bonchev–Trinajstić information content (AvgIpc) is 2.50. The molecule has 0 spiro atoms. The van der Waals surface area contributed by atoms with E-state index in [4.69, 9.17) is 0 Å². The van der Waals surface area contributed by atoms with E-state index in [2.05, 4.69) is 15.3 Å². The molecule has 21 heavy (non-hydrogen) atoms. The number of thioether (sulfide) groups is 1. The number of aromatic nitrogens is 2. The van der Waals surface area contributed by atoms with E-state index < -0.39 is 15.2 Å². The summed E-state index contributed by atoms with van der Waals surface area (Å²) in [7, 11) is -3.06. The van der Waals surface area contributed by atoms with Crippen molar-refractivity contribution in [3.05, 3.63) is 18.1 Å². The molecule has 2 heterocycles. The van der Waals surface area contributed by atoms with E-state index in [9.17, 15) is 8.42 Å². The van der Waals surface area contributed by atoms with Gasteiger partial charge in [-0.1, -0.05) is 6.92 Å². The van der Waals surface area contributed by atoms with Gasteiger partial charge >= 0.3 is 0 Å². The van der Waals surface area contributed by atoms with E-state index in [-0.39, 0.29) is 5.75 Å². The Kier molecular flexibility index (Phi) is 5.83. The normalized spacial score (nSPS) is 20.4. The summed E-state index contributed by atoms with van der Waals surface area (Å²) in [5, 5.41) is 2.69. The number of hydrogen-bond acceptors (Lipinski definition) is 7. The van der Waals surface area contributed by atoms with E-state index in [1.807, 2.05) is 11.8 Å². The fourth-order valence-corrected chi connectivity index (χ4v) is 5.32. The zero-order chi connectivity index (χ0) is 15.3. The van der Waals surface area contributed by atoms with Crippen molar-refractivity contribution in [1.29, 1.82) is 0 Å². The van der Waals surface area contributed by atoms with Crippen molar-refractivity contribution in [2.24, 2.45) is 0 Å². The summed E-state index contributed by atoms with van der Waals surface area (Å²) in [5.74, 6) is 2.52.